The third-order valence-corrected chi connectivity index (χ3v) is 4.78. The third kappa shape index (κ3) is 3.78. The number of halogens is 1. The van der Waals surface area contributed by atoms with Crippen molar-refractivity contribution in [1.29, 1.82) is 0 Å². The van der Waals surface area contributed by atoms with Gasteiger partial charge in [0.05, 0.1) is 11.8 Å². The molecule has 1 fully saturated rings. The Morgan fingerprint density at radius 1 is 1.32 bits per heavy atom. The Balaban J connectivity index is 1.55. The first-order valence-corrected chi connectivity index (χ1v) is 8.55. The Morgan fingerprint density at radius 3 is 2.77 bits per heavy atom. The van der Waals surface area contributed by atoms with Gasteiger partial charge in [-0.1, -0.05) is 36.2 Å². The number of nitrogens with one attached hydrogen (secondary N) is 1. The maximum absolute atomic E-state index is 12.0. The number of thioether (sulfide) groups is 1. The highest BCUT2D eigenvalue weighted by molar-refractivity contribution is 7.99. The highest BCUT2D eigenvalue weighted by Crippen LogP contribution is 2.31. The van der Waals surface area contributed by atoms with E-state index in [1.54, 1.807) is 24.3 Å². The van der Waals surface area contributed by atoms with Crippen LogP contribution in [0.4, 0.5) is 5.69 Å². The Morgan fingerprint density at radius 2 is 2.05 bits per heavy atom. The van der Waals surface area contributed by atoms with Crippen molar-refractivity contribution in [2.75, 3.05) is 11.1 Å². The molecule has 22 heavy (non-hydrogen) atoms. The second-order valence-electron chi connectivity index (χ2n) is 5.19. The summed E-state index contributed by atoms with van der Waals surface area (Å²) in [5, 5.41) is 16.0. The summed E-state index contributed by atoms with van der Waals surface area (Å²) in [6.07, 6.45) is 4.64. The molecule has 1 heterocycles. The zero-order valence-electron chi connectivity index (χ0n) is 11.9. The molecule has 2 aromatic rings. The summed E-state index contributed by atoms with van der Waals surface area (Å²) in [5.41, 5.74) is 0.727. The lowest BCUT2D eigenvalue weighted by Crippen LogP contribution is -2.15. The highest BCUT2D eigenvalue weighted by Gasteiger charge is 2.22. The second kappa shape index (κ2) is 7.11. The molecular weight excluding hydrogens is 322 g/mol. The number of nitrogens with zero attached hydrogens (tertiary/aromatic N) is 4. The summed E-state index contributed by atoms with van der Waals surface area (Å²) < 4.78 is 1.85. The van der Waals surface area contributed by atoms with Crippen molar-refractivity contribution in [1.82, 2.24) is 20.2 Å². The predicted octanol–water partition coefficient (Wildman–Crippen LogP) is 3.17. The summed E-state index contributed by atoms with van der Waals surface area (Å²) in [7, 11) is 0. The molecule has 0 bridgehead atoms. The zero-order valence-corrected chi connectivity index (χ0v) is 13.5. The van der Waals surface area contributed by atoms with Crippen LogP contribution in [0.25, 0.3) is 0 Å². The molecule has 8 heteroatoms. The first kappa shape index (κ1) is 15.3. The van der Waals surface area contributed by atoms with Gasteiger partial charge in [-0.15, -0.1) is 5.10 Å². The van der Waals surface area contributed by atoms with Gasteiger partial charge >= 0.3 is 0 Å². The fourth-order valence-corrected chi connectivity index (χ4v) is 3.39. The van der Waals surface area contributed by atoms with Gasteiger partial charge in [-0.2, -0.15) is 0 Å². The molecule has 0 spiro atoms. The van der Waals surface area contributed by atoms with Crippen LogP contribution in [0.2, 0.25) is 5.02 Å². The fraction of sp³-hybridized carbons (Fsp3) is 0.429. The van der Waals surface area contributed by atoms with E-state index in [4.69, 9.17) is 11.6 Å². The molecule has 0 saturated heterocycles. The van der Waals surface area contributed by atoms with Crippen LogP contribution in [0, 0.1) is 0 Å². The Kier molecular flexibility index (Phi) is 4.94. The molecule has 0 radical (unpaired) electrons. The number of carbonyl (C=O) groups excluding carboxylic acids is 1. The molecule has 1 N–H and O–H groups in total. The van der Waals surface area contributed by atoms with E-state index in [1.807, 2.05) is 4.68 Å². The average molecular weight is 338 g/mol. The molecule has 1 aromatic heterocycles. The number of anilines is 1. The molecule has 116 valence electrons. The van der Waals surface area contributed by atoms with Gasteiger partial charge in [0.2, 0.25) is 11.1 Å². The lowest BCUT2D eigenvalue weighted by molar-refractivity contribution is -0.113. The van der Waals surface area contributed by atoms with Crippen LogP contribution < -0.4 is 5.32 Å². The van der Waals surface area contributed by atoms with E-state index in [-0.39, 0.29) is 11.7 Å². The minimum absolute atomic E-state index is 0.0895. The number of amides is 1. The van der Waals surface area contributed by atoms with E-state index < -0.39 is 0 Å². The van der Waals surface area contributed by atoms with Crippen LogP contribution in [-0.4, -0.2) is 31.9 Å². The standard InChI is InChI=1S/C14H16ClN5OS/c15-10-5-7-11(8-6-10)16-13(21)9-22-14-17-18-19-20(14)12-3-1-2-4-12/h5-8,12H,1-4,9H2,(H,16,21). The van der Waals surface area contributed by atoms with Crippen LogP contribution in [-0.2, 0) is 4.79 Å². The van der Waals surface area contributed by atoms with Gasteiger partial charge in [-0.05, 0) is 47.5 Å². The number of hydrogen-bond donors (Lipinski definition) is 1. The van der Waals surface area contributed by atoms with Crippen LogP contribution in [0.5, 0.6) is 0 Å². The molecule has 0 atom stereocenters. The van der Waals surface area contributed by atoms with Gasteiger partial charge in [0.25, 0.3) is 0 Å². The molecule has 1 saturated carbocycles. The summed E-state index contributed by atoms with van der Waals surface area (Å²) >= 11 is 7.17. The molecule has 1 aromatic carbocycles. The Labute approximate surface area is 137 Å². The van der Waals surface area contributed by atoms with Gasteiger partial charge in [0, 0.05) is 10.7 Å². The van der Waals surface area contributed by atoms with Crippen LogP contribution in [0.3, 0.4) is 0 Å². The van der Waals surface area contributed by atoms with E-state index in [0.717, 1.165) is 18.5 Å². The van der Waals surface area contributed by atoms with Crippen molar-refractivity contribution >= 4 is 35.0 Å². The van der Waals surface area contributed by atoms with Crippen LogP contribution >= 0.6 is 23.4 Å². The van der Waals surface area contributed by atoms with E-state index in [1.165, 1.54) is 24.6 Å². The van der Waals surface area contributed by atoms with Gasteiger partial charge in [0.15, 0.2) is 0 Å². The molecule has 1 aliphatic rings. The first-order chi connectivity index (χ1) is 10.7. The van der Waals surface area contributed by atoms with Crippen LogP contribution in [0.1, 0.15) is 31.7 Å². The average Bonchev–Trinajstić information content (AvgIpc) is 3.18. The number of aromatic nitrogens is 4. The Bertz CT molecular complexity index is 639. The normalized spacial score (nSPS) is 15.1. The summed E-state index contributed by atoms with van der Waals surface area (Å²) in [6.45, 7) is 0. The van der Waals surface area contributed by atoms with Gasteiger partial charge < -0.3 is 5.32 Å². The lowest BCUT2D eigenvalue weighted by Gasteiger charge is -2.10. The quantitative estimate of drug-likeness (QED) is 0.848. The minimum Gasteiger partial charge on any atom is -0.325 e. The number of tetrazole rings is 1. The smallest absolute Gasteiger partial charge is 0.234 e. The number of benzene rings is 1. The molecule has 0 unspecified atom stereocenters. The number of rotatable bonds is 5. The van der Waals surface area contributed by atoms with E-state index in [0.29, 0.717) is 16.2 Å². The van der Waals surface area contributed by atoms with Crippen LogP contribution in [0.15, 0.2) is 29.4 Å². The van der Waals surface area contributed by atoms with Gasteiger partial charge in [-0.25, -0.2) is 4.68 Å². The summed E-state index contributed by atoms with van der Waals surface area (Å²) in [5.74, 6) is 0.184. The van der Waals surface area contributed by atoms with Gasteiger partial charge in [-0.3, -0.25) is 4.79 Å². The number of carbonyl (C=O) groups is 1. The van der Waals surface area contributed by atoms with Crippen molar-refractivity contribution < 1.29 is 4.79 Å². The third-order valence-electron chi connectivity index (χ3n) is 3.59. The maximum Gasteiger partial charge on any atom is 0.234 e. The minimum atomic E-state index is -0.0895. The predicted molar refractivity (Wildman–Crippen MR) is 86.1 cm³/mol. The molecule has 1 amide bonds. The van der Waals surface area contributed by atoms with Crippen molar-refractivity contribution in [3.8, 4) is 0 Å². The van der Waals surface area contributed by atoms with Crippen molar-refractivity contribution in [3.05, 3.63) is 29.3 Å². The van der Waals surface area contributed by atoms with E-state index in [9.17, 15) is 4.79 Å². The number of hydrogen-bond acceptors (Lipinski definition) is 5. The Hall–Kier alpha value is -1.60. The SMILES string of the molecule is O=C(CSc1nnnn1C1CCCC1)Nc1ccc(Cl)cc1. The molecule has 3 rings (SSSR count). The first-order valence-electron chi connectivity index (χ1n) is 7.18. The molecule has 1 aliphatic carbocycles. The lowest BCUT2D eigenvalue weighted by atomic mass is 10.3. The molecule has 0 aliphatic heterocycles. The van der Waals surface area contributed by atoms with Crippen molar-refractivity contribution in [2.45, 2.75) is 36.9 Å². The van der Waals surface area contributed by atoms with Crippen molar-refractivity contribution in [3.63, 3.8) is 0 Å². The highest BCUT2D eigenvalue weighted by atomic mass is 35.5. The largest absolute Gasteiger partial charge is 0.325 e. The van der Waals surface area contributed by atoms with E-state index >= 15 is 0 Å². The fourth-order valence-electron chi connectivity index (χ4n) is 2.52. The maximum atomic E-state index is 12.0. The second-order valence-corrected chi connectivity index (χ2v) is 6.57. The van der Waals surface area contributed by atoms with Gasteiger partial charge in [0.1, 0.15) is 0 Å². The summed E-state index contributed by atoms with van der Waals surface area (Å²) in [4.78, 5) is 12.0. The van der Waals surface area contributed by atoms with E-state index in [2.05, 4.69) is 20.8 Å². The topological polar surface area (TPSA) is 72.7 Å². The monoisotopic (exact) mass is 337 g/mol. The molecule has 6 nitrogen and oxygen atoms in total. The summed E-state index contributed by atoms with van der Waals surface area (Å²) in [6, 6.07) is 7.40. The van der Waals surface area contributed by atoms with Crippen molar-refractivity contribution in [2.24, 2.45) is 0 Å². The zero-order chi connectivity index (χ0) is 15.4. The molecular formula is C14H16ClN5OS.